The van der Waals surface area contributed by atoms with Gasteiger partial charge in [-0.05, 0) is 30.4 Å². The second-order valence-corrected chi connectivity index (χ2v) is 6.67. The molecule has 1 saturated heterocycles. The van der Waals surface area contributed by atoms with E-state index in [9.17, 15) is 9.90 Å². The molecule has 24 heavy (non-hydrogen) atoms. The summed E-state index contributed by atoms with van der Waals surface area (Å²) in [5.74, 6) is 0.722. The van der Waals surface area contributed by atoms with Gasteiger partial charge in [-0.25, -0.2) is 4.79 Å². The highest BCUT2D eigenvalue weighted by Crippen LogP contribution is 2.22. The molecule has 1 fully saturated rings. The molecule has 0 spiro atoms. The fourth-order valence-corrected chi connectivity index (χ4v) is 3.37. The second kappa shape index (κ2) is 9.52. The molecule has 1 heterocycles. The average molecular weight is 333 g/mol. The highest BCUT2D eigenvalue weighted by atomic mass is 16.3. The van der Waals surface area contributed by atoms with Crippen molar-refractivity contribution in [2.45, 2.75) is 39.2 Å². The van der Waals surface area contributed by atoms with Crippen LogP contribution in [0.3, 0.4) is 0 Å². The number of hydrogen-bond acceptors (Lipinski definition) is 3. The van der Waals surface area contributed by atoms with Crippen LogP contribution in [0.25, 0.3) is 0 Å². The summed E-state index contributed by atoms with van der Waals surface area (Å²) >= 11 is 0. The van der Waals surface area contributed by atoms with E-state index in [1.807, 2.05) is 6.07 Å². The van der Waals surface area contributed by atoms with Crippen LogP contribution < -0.4 is 15.5 Å². The number of aliphatic hydroxyl groups is 1. The number of carbonyl (C=O) groups excluding carboxylic acids is 1. The largest absolute Gasteiger partial charge is 0.391 e. The van der Waals surface area contributed by atoms with Crippen LogP contribution in [0.2, 0.25) is 0 Å². The number of carbonyl (C=O) groups is 1. The fourth-order valence-electron chi connectivity index (χ4n) is 3.37. The number of hydrogen-bond donors (Lipinski definition) is 3. The molecule has 134 valence electrons. The minimum absolute atomic E-state index is 0.182. The van der Waals surface area contributed by atoms with Crippen molar-refractivity contribution in [2.24, 2.45) is 11.8 Å². The Kier molecular flexibility index (Phi) is 7.37. The fraction of sp³-hybridized carbons (Fsp3) is 0.632. The van der Waals surface area contributed by atoms with E-state index in [4.69, 9.17) is 0 Å². The number of rotatable bonds is 8. The van der Waals surface area contributed by atoms with Gasteiger partial charge in [0.1, 0.15) is 0 Å². The Bertz CT molecular complexity index is 491. The number of aliphatic hydroxyl groups excluding tert-OH is 1. The van der Waals surface area contributed by atoms with Crippen molar-refractivity contribution in [3.63, 3.8) is 0 Å². The summed E-state index contributed by atoms with van der Waals surface area (Å²) in [7, 11) is 0. The monoisotopic (exact) mass is 333 g/mol. The number of urea groups is 1. The van der Waals surface area contributed by atoms with E-state index in [1.165, 1.54) is 5.69 Å². The van der Waals surface area contributed by atoms with Gasteiger partial charge in [-0.2, -0.15) is 0 Å². The second-order valence-electron chi connectivity index (χ2n) is 6.67. The lowest BCUT2D eigenvalue weighted by Crippen LogP contribution is -2.43. The molecule has 0 bridgehead atoms. The van der Waals surface area contributed by atoms with Crippen LogP contribution in [-0.2, 0) is 0 Å². The lowest BCUT2D eigenvalue weighted by Gasteiger charge is -2.21. The number of nitrogens with zero attached hydrogens (tertiary/aromatic N) is 1. The highest BCUT2D eigenvalue weighted by Gasteiger charge is 2.23. The van der Waals surface area contributed by atoms with E-state index in [-0.39, 0.29) is 11.9 Å². The Morgan fingerprint density at radius 1 is 1.25 bits per heavy atom. The molecule has 1 aromatic rings. The molecule has 3 N–H and O–H groups in total. The third-order valence-corrected chi connectivity index (χ3v) is 5.02. The number of para-hydroxylation sites is 1. The summed E-state index contributed by atoms with van der Waals surface area (Å²) in [5.41, 5.74) is 1.25. The summed E-state index contributed by atoms with van der Waals surface area (Å²) in [4.78, 5) is 14.3. The quantitative estimate of drug-likeness (QED) is 0.685. The maximum atomic E-state index is 11.9. The Morgan fingerprint density at radius 3 is 2.62 bits per heavy atom. The first kappa shape index (κ1) is 18.6. The zero-order chi connectivity index (χ0) is 17.4. The van der Waals surface area contributed by atoms with E-state index in [1.54, 1.807) is 0 Å². The van der Waals surface area contributed by atoms with Crippen LogP contribution in [-0.4, -0.2) is 43.4 Å². The molecule has 2 rings (SSSR count). The van der Waals surface area contributed by atoms with E-state index in [0.717, 1.165) is 32.4 Å². The zero-order valence-electron chi connectivity index (χ0n) is 14.9. The normalized spacial score (nSPS) is 18.7. The molecule has 5 nitrogen and oxygen atoms in total. The predicted octanol–water partition coefficient (Wildman–Crippen LogP) is 2.61. The zero-order valence-corrected chi connectivity index (χ0v) is 14.9. The molecule has 5 heteroatoms. The van der Waals surface area contributed by atoms with Gasteiger partial charge in [0, 0.05) is 31.9 Å². The van der Waals surface area contributed by atoms with Gasteiger partial charge >= 0.3 is 6.03 Å². The van der Waals surface area contributed by atoms with E-state index >= 15 is 0 Å². The molecule has 0 aliphatic carbocycles. The van der Waals surface area contributed by atoms with Crippen LogP contribution >= 0.6 is 0 Å². The molecule has 1 aromatic carbocycles. The first-order valence-electron chi connectivity index (χ1n) is 9.13. The number of nitrogens with one attached hydrogen (secondary N) is 2. The predicted molar refractivity (Wildman–Crippen MR) is 98.2 cm³/mol. The molecule has 0 saturated carbocycles. The van der Waals surface area contributed by atoms with Crippen molar-refractivity contribution in [2.75, 3.05) is 31.1 Å². The van der Waals surface area contributed by atoms with E-state index in [0.29, 0.717) is 19.0 Å². The van der Waals surface area contributed by atoms with Gasteiger partial charge in [-0.1, -0.05) is 44.9 Å². The van der Waals surface area contributed by atoms with Crippen molar-refractivity contribution in [3.05, 3.63) is 30.3 Å². The molecular weight excluding hydrogens is 302 g/mol. The van der Waals surface area contributed by atoms with Gasteiger partial charge in [-0.3, -0.25) is 0 Å². The summed E-state index contributed by atoms with van der Waals surface area (Å²) in [6, 6.07) is 10.2. The maximum Gasteiger partial charge on any atom is 0.314 e. The van der Waals surface area contributed by atoms with Crippen LogP contribution in [0, 0.1) is 11.8 Å². The molecule has 1 aliphatic rings. The average Bonchev–Trinajstić information content (AvgIpc) is 3.09. The van der Waals surface area contributed by atoms with Crippen molar-refractivity contribution in [1.29, 1.82) is 0 Å². The summed E-state index contributed by atoms with van der Waals surface area (Å²) in [6.07, 6.45) is 2.48. The lowest BCUT2D eigenvalue weighted by molar-refractivity contribution is 0.103. The Hall–Kier alpha value is -1.75. The Morgan fingerprint density at radius 2 is 1.96 bits per heavy atom. The van der Waals surface area contributed by atoms with Gasteiger partial charge in [0.25, 0.3) is 0 Å². The van der Waals surface area contributed by atoms with Crippen molar-refractivity contribution >= 4 is 11.7 Å². The topological polar surface area (TPSA) is 64.6 Å². The standard InChI is InChI=1S/C19H31N3O2/c1-3-16(4-2)18(23)13-21-19(24)20-12-15-10-11-22(14-15)17-8-6-5-7-9-17/h5-9,15-16,18,23H,3-4,10-14H2,1-2H3,(H2,20,21,24). The van der Waals surface area contributed by atoms with Gasteiger partial charge < -0.3 is 20.6 Å². The first-order valence-corrected chi connectivity index (χ1v) is 9.13. The molecule has 2 unspecified atom stereocenters. The number of benzene rings is 1. The van der Waals surface area contributed by atoms with E-state index in [2.05, 4.69) is 53.6 Å². The number of amides is 2. The van der Waals surface area contributed by atoms with Crippen LogP contribution in [0.4, 0.5) is 10.5 Å². The summed E-state index contributed by atoms with van der Waals surface area (Å²) in [5, 5.41) is 15.8. The molecule has 0 aromatic heterocycles. The van der Waals surface area contributed by atoms with Gasteiger partial charge in [0.2, 0.25) is 0 Å². The third-order valence-electron chi connectivity index (χ3n) is 5.02. The molecule has 1 aliphatic heterocycles. The smallest absolute Gasteiger partial charge is 0.314 e. The highest BCUT2D eigenvalue weighted by molar-refractivity contribution is 5.73. The molecule has 2 atom stereocenters. The van der Waals surface area contributed by atoms with E-state index < -0.39 is 6.10 Å². The minimum atomic E-state index is -0.467. The van der Waals surface area contributed by atoms with Crippen molar-refractivity contribution in [1.82, 2.24) is 10.6 Å². The lowest BCUT2D eigenvalue weighted by atomic mass is 9.97. The van der Waals surface area contributed by atoms with Gasteiger partial charge in [-0.15, -0.1) is 0 Å². The van der Waals surface area contributed by atoms with Crippen molar-refractivity contribution in [3.8, 4) is 0 Å². The van der Waals surface area contributed by atoms with Gasteiger partial charge in [0.15, 0.2) is 0 Å². The Balaban J connectivity index is 1.66. The molecule has 0 radical (unpaired) electrons. The van der Waals surface area contributed by atoms with Gasteiger partial charge in [0.05, 0.1) is 6.10 Å². The molecular formula is C19H31N3O2. The number of anilines is 1. The first-order chi connectivity index (χ1) is 11.6. The van der Waals surface area contributed by atoms with Crippen LogP contribution in [0.5, 0.6) is 0 Å². The van der Waals surface area contributed by atoms with Crippen LogP contribution in [0.15, 0.2) is 30.3 Å². The summed E-state index contributed by atoms with van der Waals surface area (Å²) < 4.78 is 0. The maximum absolute atomic E-state index is 11.9. The SMILES string of the molecule is CCC(CC)C(O)CNC(=O)NCC1CCN(c2ccccc2)C1. The van der Waals surface area contributed by atoms with Crippen LogP contribution in [0.1, 0.15) is 33.1 Å². The minimum Gasteiger partial charge on any atom is -0.391 e. The summed E-state index contributed by atoms with van der Waals surface area (Å²) in [6.45, 7) is 7.13. The van der Waals surface area contributed by atoms with Crippen molar-refractivity contribution < 1.29 is 9.90 Å². The Labute approximate surface area is 145 Å². The third kappa shape index (κ3) is 5.41. The molecule has 2 amide bonds.